The van der Waals surface area contributed by atoms with Crippen molar-refractivity contribution >= 4 is 21.8 Å². The van der Waals surface area contributed by atoms with Gasteiger partial charge in [-0.1, -0.05) is 182 Å². The van der Waals surface area contributed by atoms with E-state index in [1.807, 2.05) is 36.4 Å². The summed E-state index contributed by atoms with van der Waals surface area (Å²) < 4.78 is 178. The molecule has 1 aliphatic rings. The molecule has 0 saturated carbocycles. The van der Waals surface area contributed by atoms with E-state index in [2.05, 4.69) is 0 Å². The summed E-state index contributed by atoms with van der Waals surface area (Å²) in [7, 11) is 0. The van der Waals surface area contributed by atoms with Crippen molar-refractivity contribution in [3.8, 4) is 84.4 Å². The van der Waals surface area contributed by atoms with E-state index in [9.17, 15) is 15.1 Å². The molecule has 4 heteroatoms. The quantitative estimate of drug-likeness (QED) is 0.182. The molecule has 2 aromatic heterocycles. The number of benzene rings is 8. The third-order valence-electron chi connectivity index (χ3n) is 9.53. The van der Waals surface area contributed by atoms with Crippen LogP contribution in [0.25, 0.3) is 106 Å². The number of aromatic nitrogens is 4. The molecule has 1 aliphatic carbocycles. The van der Waals surface area contributed by atoms with Gasteiger partial charge in [-0.3, -0.25) is 4.57 Å². The van der Waals surface area contributed by atoms with E-state index in [0.717, 1.165) is 10.8 Å². The Morgan fingerprint density at radius 2 is 0.818 bits per heavy atom. The molecule has 0 spiro atoms. The Balaban J connectivity index is 1.49. The van der Waals surface area contributed by atoms with E-state index in [-0.39, 0.29) is 11.8 Å². The second-order valence-electron chi connectivity index (χ2n) is 12.5. The van der Waals surface area contributed by atoms with Crippen LogP contribution in [0.4, 0.5) is 0 Å². The maximum Gasteiger partial charge on any atom is 0.238 e. The lowest BCUT2D eigenvalue weighted by atomic mass is 9.77. The minimum absolute atomic E-state index is 0.0440. The molecule has 0 radical (unpaired) electrons. The number of rotatable bonds is 4. The zero-order valence-corrected chi connectivity index (χ0v) is 28.3. The minimum atomic E-state index is -0.931. The zero-order valence-electron chi connectivity index (χ0n) is 47.3. The summed E-state index contributed by atoms with van der Waals surface area (Å²) in [5, 5.41) is 1.56. The van der Waals surface area contributed by atoms with Crippen LogP contribution in [0.5, 0.6) is 0 Å². The maximum absolute atomic E-state index is 10.0. The highest BCUT2D eigenvalue weighted by atomic mass is 15.2. The molecule has 8 aromatic carbocycles. The first-order valence-corrected chi connectivity index (χ1v) is 17.1. The fourth-order valence-electron chi connectivity index (χ4n) is 7.22. The predicted molar refractivity (Wildman–Crippen MR) is 226 cm³/mol. The van der Waals surface area contributed by atoms with E-state index in [0.29, 0.717) is 16.6 Å². The first-order valence-electron chi connectivity index (χ1n) is 26.6. The van der Waals surface area contributed by atoms with Gasteiger partial charge in [0.2, 0.25) is 5.95 Å². The van der Waals surface area contributed by atoms with Crippen molar-refractivity contribution in [1.82, 2.24) is 19.5 Å². The van der Waals surface area contributed by atoms with Crippen LogP contribution < -0.4 is 0 Å². The minimum Gasteiger partial charge on any atom is -0.278 e. The van der Waals surface area contributed by atoms with Gasteiger partial charge in [-0.2, -0.15) is 9.97 Å². The van der Waals surface area contributed by atoms with Gasteiger partial charge in [0.1, 0.15) is 0 Å². The standard InChI is InChI=1S/C51H32N4/c1-3-17-33(18-4-1)35-31-32-44-40-25-10-9-23-38(40)36-21-7-8-22-37(36)39-24-11-12-28-43(39)47(44)48(35)50-52-49(34-19-5-2-6-20-34)53-51(54-50)55-45-29-15-13-26-41(45)42-27-14-16-30-46(42)55/h1-32H/i1D,3D,4D,7D,8D,9D,10D,11D,12D,17D,18D,21D,22D,23D,24D,25D,28D,31D,32D. The Morgan fingerprint density at radius 3 is 1.44 bits per heavy atom. The molecule has 0 bridgehead atoms. The predicted octanol–water partition coefficient (Wildman–Crippen LogP) is 13.0. The van der Waals surface area contributed by atoms with Gasteiger partial charge in [-0.05, 0) is 62.2 Å². The molecular weight excluding hydrogens is 669 g/mol. The second-order valence-corrected chi connectivity index (χ2v) is 12.5. The van der Waals surface area contributed by atoms with Crippen LogP contribution in [0.3, 0.4) is 0 Å². The lowest BCUT2D eigenvalue weighted by Crippen LogP contribution is -2.08. The number of fused-ring (bicyclic) bond motifs is 11. The molecule has 4 nitrogen and oxygen atoms in total. The molecule has 0 amide bonds. The lowest BCUT2D eigenvalue weighted by molar-refractivity contribution is 0.954. The van der Waals surface area contributed by atoms with Gasteiger partial charge >= 0.3 is 0 Å². The second kappa shape index (κ2) is 12.6. The summed E-state index contributed by atoms with van der Waals surface area (Å²) in [6.07, 6.45) is 0. The summed E-state index contributed by atoms with van der Waals surface area (Å²) in [5.74, 6) is -0.604. The largest absolute Gasteiger partial charge is 0.278 e. The van der Waals surface area contributed by atoms with Crippen molar-refractivity contribution < 1.29 is 26.0 Å². The lowest BCUT2D eigenvalue weighted by Gasteiger charge is -2.26. The van der Waals surface area contributed by atoms with Crippen molar-refractivity contribution in [2.45, 2.75) is 0 Å². The average Bonchev–Trinajstić information content (AvgIpc) is 3.74. The summed E-state index contributed by atoms with van der Waals surface area (Å²) in [5.41, 5.74) is -5.09. The SMILES string of the molecule is [2H]c1c([2H])c([2H])c(-c2c([2H])c([2H])c3c(c2-c2nc(-c4ccccc4)nc(-n4c5ccccc5c5ccccc54)n2)-c2c([2H])c([2H])c([2H])c([2H])c2-c2c([2H])c([2H])c([2H])c([2H])c2-c2c([2H])c([2H])c([2H])c([2H])c2-3)c([2H])c1[2H]. The normalized spacial score (nSPS) is 16.5. The first kappa shape index (κ1) is 17.6. The van der Waals surface area contributed by atoms with Crippen LogP contribution in [0, 0.1) is 0 Å². The maximum atomic E-state index is 10.0. The van der Waals surface area contributed by atoms with Crippen LogP contribution in [-0.4, -0.2) is 19.5 Å². The van der Waals surface area contributed by atoms with E-state index in [1.54, 1.807) is 47.0 Å². The zero-order chi connectivity index (χ0) is 52.8. The molecule has 0 saturated heterocycles. The van der Waals surface area contributed by atoms with Crippen molar-refractivity contribution in [3.63, 3.8) is 0 Å². The molecule has 256 valence electrons. The molecule has 55 heavy (non-hydrogen) atoms. The molecule has 10 aromatic rings. The van der Waals surface area contributed by atoms with Crippen LogP contribution in [0.2, 0.25) is 0 Å². The third kappa shape index (κ3) is 4.96. The highest BCUT2D eigenvalue weighted by molar-refractivity contribution is 6.10. The van der Waals surface area contributed by atoms with E-state index < -0.39 is 182 Å². The fraction of sp³-hybridized carbons (Fsp3) is 0. The van der Waals surface area contributed by atoms with Gasteiger partial charge in [0.15, 0.2) is 11.6 Å². The molecule has 2 heterocycles. The van der Waals surface area contributed by atoms with Crippen molar-refractivity contribution in [1.29, 1.82) is 0 Å². The Hall–Kier alpha value is -7.43. The molecule has 0 fully saturated rings. The van der Waals surface area contributed by atoms with Gasteiger partial charge in [0, 0.05) is 27.5 Å². The molecular formula is C51H32N4. The third-order valence-corrected chi connectivity index (χ3v) is 9.53. The molecule has 0 aliphatic heterocycles. The van der Waals surface area contributed by atoms with Gasteiger partial charge < -0.3 is 0 Å². The van der Waals surface area contributed by atoms with Crippen molar-refractivity contribution in [3.05, 3.63) is 194 Å². The number of hydrogen-bond donors (Lipinski definition) is 0. The summed E-state index contributed by atoms with van der Waals surface area (Å²) in [6.45, 7) is 0. The summed E-state index contributed by atoms with van der Waals surface area (Å²) in [6, 6.07) is 6.58. The van der Waals surface area contributed by atoms with E-state index >= 15 is 0 Å². The van der Waals surface area contributed by atoms with E-state index in [4.69, 9.17) is 25.9 Å². The number of nitrogens with zero attached hydrogens (tertiary/aromatic N) is 4. The van der Waals surface area contributed by atoms with Gasteiger partial charge in [-0.25, -0.2) is 4.98 Å². The molecule has 0 N–H and O–H groups in total. The topological polar surface area (TPSA) is 43.6 Å². The number of para-hydroxylation sites is 2. The fourth-order valence-corrected chi connectivity index (χ4v) is 7.22. The van der Waals surface area contributed by atoms with Crippen LogP contribution in [-0.2, 0) is 0 Å². The van der Waals surface area contributed by atoms with Crippen LogP contribution in [0.15, 0.2) is 194 Å². The number of hydrogen-bond acceptors (Lipinski definition) is 3. The highest BCUT2D eigenvalue weighted by Crippen LogP contribution is 2.52. The average molecular weight is 720 g/mol. The van der Waals surface area contributed by atoms with E-state index in [1.165, 1.54) is 0 Å². The molecule has 0 atom stereocenters. The van der Waals surface area contributed by atoms with Gasteiger partial charge in [0.05, 0.1) is 37.1 Å². The molecule has 11 rings (SSSR count). The summed E-state index contributed by atoms with van der Waals surface area (Å²) >= 11 is 0. The molecule has 0 unspecified atom stereocenters. The Bertz CT molecular complexity index is 4100. The van der Waals surface area contributed by atoms with Gasteiger partial charge in [0.25, 0.3) is 0 Å². The Morgan fingerprint density at radius 1 is 0.345 bits per heavy atom. The summed E-state index contributed by atoms with van der Waals surface area (Å²) in [4.78, 5) is 15.0. The highest BCUT2D eigenvalue weighted by Gasteiger charge is 2.28. The Kier molecular flexibility index (Phi) is 4.03. The van der Waals surface area contributed by atoms with Crippen LogP contribution >= 0.6 is 0 Å². The first-order chi connectivity index (χ1) is 35.2. The van der Waals surface area contributed by atoms with Crippen molar-refractivity contribution in [2.24, 2.45) is 0 Å². The Labute approximate surface area is 345 Å². The van der Waals surface area contributed by atoms with Crippen molar-refractivity contribution in [2.75, 3.05) is 0 Å². The van der Waals surface area contributed by atoms with Crippen LogP contribution in [0.1, 0.15) is 26.0 Å². The monoisotopic (exact) mass is 719 g/mol. The smallest absolute Gasteiger partial charge is 0.238 e. The van der Waals surface area contributed by atoms with Gasteiger partial charge in [-0.15, -0.1) is 0 Å².